The van der Waals surface area contributed by atoms with E-state index >= 15 is 0 Å². The molecule has 11 heteroatoms. The van der Waals surface area contributed by atoms with Crippen LogP contribution in [0.3, 0.4) is 0 Å². The molecule has 0 spiro atoms. The molecule has 2 aromatic heterocycles. The molecule has 3 aromatic rings. The molecule has 2 heterocycles. The van der Waals surface area contributed by atoms with Crippen LogP contribution in [0.5, 0.6) is 11.6 Å². The molecule has 120 valence electrons. The minimum Gasteiger partial charge on any atom is -0.436 e. The van der Waals surface area contributed by atoms with Crippen molar-refractivity contribution < 1.29 is 17.9 Å². The van der Waals surface area contributed by atoms with Crippen LogP contribution < -0.4 is 4.74 Å². The van der Waals surface area contributed by atoms with Gasteiger partial charge < -0.3 is 4.74 Å². The molecule has 0 aliphatic rings. The molecule has 0 N–H and O–H groups in total. The van der Waals surface area contributed by atoms with Gasteiger partial charge in [0.1, 0.15) is 5.75 Å². The van der Waals surface area contributed by atoms with Gasteiger partial charge in [0, 0.05) is 12.1 Å². The van der Waals surface area contributed by atoms with Gasteiger partial charge in [-0.05, 0) is 12.1 Å². The molecular formula is C12H4Cl3F3N4O. The number of ether oxygens (including phenoxy) is 1. The number of hydrogen-bond acceptors (Lipinski definition) is 4. The van der Waals surface area contributed by atoms with Crippen LogP contribution in [0.1, 0.15) is 5.82 Å². The summed E-state index contributed by atoms with van der Waals surface area (Å²) >= 11 is 17.6. The van der Waals surface area contributed by atoms with Crippen LogP contribution in [-0.2, 0) is 6.18 Å². The first-order valence-electron chi connectivity index (χ1n) is 5.88. The number of nitrogens with zero attached hydrogens (tertiary/aromatic N) is 4. The summed E-state index contributed by atoms with van der Waals surface area (Å²) in [5.74, 6) is -1.32. The van der Waals surface area contributed by atoms with Crippen molar-refractivity contribution in [2.45, 2.75) is 6.18 Å². The third kappa shape index (κ3) is 3.15. The summed E-state index contributed by atoms with van der Waals surface area (Å²) in [5, 5.41) is 10.7. The van der Waals surface area contributed by atoms with Gasteiger partial charge >= 0.3 is 6.18 Å². The Balaban J connectivity index is 2.03. The first kappa shape index (κ1) is 16.1. The molecular weight excluding hydrogens is 380 g/mol. The van der Waals surface area contributed by atoms with Gasteiger partial charge in [-0.15, -0.1) is 15.3 Å². The zero-order valence-electron chi connectivity index (χ0n) is 10.8. The number of fused-ring (bicyclic) bond motifs is 1. The van der Waals surface area contributed by atoms with E-state index in [0.29, 0.717) is 4.52 Å². The summed E-state index contributed by atoms with van der Waals surface area (Å²) in [4.78, 5) is 0. The maximum Gasteiger partial charge on any atom is 0.453 e. The Morgan fingerprint density at radius 2 is 1.65 bits per heavy atom. The Bertz CT molecular complexity index is 897. The van der Waals surface area contributed by atoms with Crippen molar-refractivity contribution in [2.75, 3.05) is 0 Å². The first-order valence-corrected chi connectivity index (χ1v) is 7.01. The van der Waals surface area contributed by atoms with Crippen LogP contribution in [0, 0.1) is 0 Å². The number of aromatic nitrogens is 4. The van der Waals surface area contributed by atoms with Gasteiger partial charge in [-0.1, -0.05) is 34.8 Å². The molecule has 0 atom stereocenters. The smallest absolute Gasteiger partial charge is 0.436 e. The quantitative estimate of drug-likeness (QED) is 0.591. The second-order valence-corrected chi connectivity index (χ2v) is 5.48. The highest BCUT2D eigenvalue weighted by atomic mass is 35.5. The summed E-state index contributed by atoms with van der Waals surface area (Å²) in [5.41, 5.74) is -0.0788. The van der Waals surface area contributed by atoms with Crippen molar-refractivity contribution in [1.82, 2.24) is 19.8 Å². The van der Waals surface area contributed by atoms with Gasteiger partial charge in [0.25, 0.3) is 5.82 Å². The van der Waals surface area contributed by atoms with Crippen molar-refractivity contribution in [3.05, 3.63) is 45.2 Å². The highest BCUT2D eigenvalue weighted by Gasteiger charge is 2.37. The minimum atomic E-state index is -4.70. The van der Waals surface area contributed by atoms with Crippen LogP contribution in [-0.4, -0.2) is 19.8 Å². The highest BCUT2D eigenvalue weighted by molar-refractivity contribution is 6.43. The van der Waals surface area contributed by atoms with E-state index < -0.39 is 12.0 Å². The molecule has 0 aliphatic carbocycles. The summed E-state index contributed by atoms with van der Waals surface area (Å²) in [7, 11) is 0. The molecule has 0 radical (unpaired) electrons. The normalized spacial score (nSPS) is 11.9. The van der Waals surface area contributed by atoms with E-state index in [9.17, 15) is 13.2 Å². The number of alkyl halides is 3. The third-order valence-corrected chi connectivity index (χ3v) is 3.70. The maximum atomic E-state index is 12.8. The molecule has 23 heavy (non-hydrogen) atoms. The fraction of sp³-hybridized carbons (Fsp3) is 0.0833. The third-order valence-electron chi connectivity index (χ3n) is 2.68. The van der Waals surface area contributed by atoms with E-state index in [1.807, 2.05) is 0 Å². The Morgan fingerprint density at radius 3 is 2.35 bits per heavy atom. The van der Waals surface area contributed by atoms with Gasteiger partial charge in [0.15, 0.2) is 5.65 Å². The zero-order chi connectivity index (χ0) is 16.8. The van der Waals surface area contributed by atoms with Crippen molar-refractivity contribution >= 4 is 40.4 Å². The van der Waals surface area contributed by atoms with E-state index in [1.165, 1.54) is 24.3 Å². The lowest BCUT2D eigenvalue weighted by Crippen LogP contribution is -2.12. The molecule has 0 saturated carbocycles. The molecule has 5 nitrogen and oxygen atoms in total. The minimum absolute atomic E-state index is 0.0788. The fourth-order valence-electron chi connectivity index (χ4n) is 1.70. The summed E-state index contributed by atoms with van der Waals surface area (Å²) in [6, 6.07) is 5.27. The topological polar surface area (TPSA) is 52.3 Å². The highest BCUT2D eigenvalue weighted by Crippen LogP contribution is 2.36. The van der Waals surface area contributed by atoms with Crippen molar-refractivity contribution in [3.63, 3.8) is 0 Å². The van der Waals surface area contributed by atoms with Crippen LogP contribution >= 0.6 is 34.8 Å². The van der Waals surface area contributed by atoms with E-state index in [-0.39, 0.29) is 32.3 Å². The monoisotopic (exact) mass is 382 g/mol. The second-order valence-electron chi connectivity index (χ2n) is 4.26. The Kier molecular flexibility index (Phi) is 3.99. The van der Waals surface area contributed by atoms with Crippen LogP contribution in [0.25, 0.3) is 5.65 Å². The molecule has 0 saturated heterocycles. The molecule has 0 fully saturated rings. The molecule has 0 amide bonds. The van der Waals surface area contributed by atoms with Gasteiger partial charge in [0.05, 0.1) is 15.1 Å². The molecule has 1 aromatic carbocycles. The van der Waals surface area contributed by atoms with Crippen molar-refractivity contribution in [3.8, 4) is 11.6 Å². The SMILES string of the molecule is FC(F)(F)c1nnc2ccc(Oc3cc(Cl)c(Cl)cc3Cl)nn12. The lowest BCUT2D eigenvalue weighted by molar-refractivity contribution is -0.146. The number of rotatable bonds is 2. The van der Waals surface area contributed by atoms with E-state index in [4.69, 9.17) is 39.5 Å². The largest absolute Gasteiger partial charge is 0.453 e. The zero-order valence-corrected chi connectivity index (χ0v) is 13.0. The summed E-state index contributed by atoms with van der Waals surface area (Å²) in [6.07, 6.45) is -4.70. The standard InChI is InChI=1S/C12H4Cl3F3N4O/c13-5-3-7(15)8(4-6(5)14)23-10-2-1-9-19-20-11(12(16,17)18)22(9)21-10/h1-4H. The number of halogens is 6. The molecule has 0 unspecified atom stereocenters. The number of hydrogen-bond donors (Lipinski definition) is 0. The van der Waals surface area contributed by atoms with Gasteiger partial charge in [-0.3, -0.25) is 0 Å². The number of benzene rings is 1. The van der Waals surface area contributed by atoms with E-state index in [1.54, 1.807) is 0 Å². The van der Waals surface area contributed by atoms with Gasteiger partial charge in [-0.25, -0.2) is 0 Å². The van der Waals surface area contributed by atoms with Gasteiger partial charge in [-0.2, -0.15) is 17.7 Å². The summed E-state index contributed by atoms with van der Waals surface area (Å²) in [6.45, 7) is 0. The predicted molar refractivity (Wildman–Crippen MR) is 77.3 cm³/mol. The van der Waals surface area contributed by atoms with Crippen LogP contribution in [0.2, 0.25) is 15.1 Å². The van der Waals surface area contributed by atoms with Crippen LogP contribution in [0.15, 0.2) is 24.3 Å². The van der Waals surface area contributed by atoms with Crippen molar-refractivity contribution in [2.24, 2.45) is 0 Å². The maximum absolute atomic E-state index is 12.8. The van der Waals surface area contributed by atoms with Crippen LogP contribution in [0.4, 0.5) is 13.2 Å². The lowest BCUT2D eigenvalue weighted by atomic mass is 10.3. The fourth-order valence-corrected chi connectivity index (χ4v) is 2.27. The van der Waals surface area contributed by atoms with E-state index in [0.717, 1.165) is 0 Å². The molecule has 0 aliphatic heterocycles. The average Bonchev–Trinajstić information content (AvgIpc) is 2.88. The molecule has 3 rings (SSSR count). The van der Waals surface area contributed by atoms with Gasteiger partial charge in [0.2, 0.25) is 5.88 Å². The Labute approximate surface area is 141 Å². The second kappa shape index (κ2) is 5.70. The Morgan fingerprint density at radius 1 is 0.957 bits per heavy atom. The predicted octanol–water partition coefficient (Wildman–Crippen LogP) is 4.90. The van der Waals surface area contributed by atoms with Crippen molar-refractivity contribution in [1.29, 1.82) is 0 Å². The molecule has 0 bridgehead atoms. The first-order chi connectivity index (χ1) is 10.8. The summed E-state index contributed by atoms with van der Waals surface area (Å²) < 4.78 is 44.3. The van der Waals surface area contributed by atoms with E-state index in [2.05, 4.69) is 15.3 Å². The Hall–Kier alpha value is -1.77. The lowest BCUT2D eigenvalue weighted by Gasteiger charge is -2.09. The average molecular weight is 384 g/mol.